The van der Waals surface area contributed by atoms with Gasteiger partial charge < -0.3 is 14.2 Å². The minimum Gasteiger partial charge on any atom is -0.496 e. The van der Waals surface area contributed by atoms with Crippen LogP contribution in [0.5, 0.6) is 17.2 Å². The van der Waals surface area contributed by atoms with Gasteiger partial charge in [-0.05, 0) is 5.53 Å². The zero-order chi connectivity index (χ0) is 11.3. The van der Waals surface area contributed by atoms with Crippen LogP contribution in [0.25, 0.3) is 10.4 Å². The molecule has 0 aliphatic heterocycles. The van der Waals surface area contributed by atoms with E-state index in [1.165, 1.54) is 21.3 Å². The number of methoxy groups -OCH3 is 3. The van der Waals surface area contributed by atoms with Crippen LogP contribution in [0.3, 0.4) is 0 Å². The van der Waals surface area contributed by atoms with Gasteiger partial charge in [-0.15, -0.1) is 0 Å². The molecule has 0 radical (unpaired) electrons. The number of rotatable bonds is 4. The van der Waals surface area contributed by atoms with Gasteiger partial charge in [-0.1, -0.05) is 5.11 Å². The van der Waals surface area contributed by atoms with E-state index < -0.39 is 0 Å². The molecular formula is C9H11N3O3. The number of azide groups is 1. The molecule has 1 aromatic carbocycles. The van der Waals surface area contributed by atoms with Gasteiger partial charge in [0.1, 0.15) is 22.9 Å². The Morgan fingerprint density at radius 1 is 1.07 bits per heavy atom. The van der Waals surface area contributed by atoms with Crippen LogP contribution in [-0.4, -0.2) is 21.3 Å². The Kier molecular flexibility index (Phi) is 3.65. The fraction of sp³-hybridized carbons (Fsp3) is 0.333. The third-order valence-corrected chi connectivity index (χ3v) is 1.83. The molecule has 0 amide bonds. The molecule has 0 heterocycles. The van der Waals surface area contributed by atoms with Crippen LogP contribution in [0, 0.1) is 0 Å². The van der Waals surface area contributed by atoms with Crippen molar-refractivity contribution in [3.63, 3.8) is 0 Å². The highest BCUT2D eigenvalue weighted by molar-refractivity contribution is 5.65. The van der Waals surface area contributed by atoms with E-state index in [9.17, 15) is 0 Å². The fourth-order valence-electron chi connectivity index (χ4n) is 1.13. The van der Waals surface area contributed by atoms with Crippen molar-refractivity contribution in [3.8, 4) is 17.2 Å². The van der Waals surface area contributed by atoms with Crippen molar-refractivity contribution < 1.29 is 14.2 Å². The molecule has 1 rings (SSSR count). The SMILES string of the molecule is COc1cc(OC)c(N=[N+]=[N-])c(OC)c1. The van der Waals surface area contributed by atoms with E-state index in [-0.39, 0.29) is 0 Å². The van der Waals surface area contributed by atoms with Crippen molar-refractivity contribution in [3.05, 3.63) is 22.6 Å². The van der Waals surface area contributed by atoms with Gasteiger partial charge in [0.05, 0.1) is 21.3 Å². The van der Waals surface area contributed by atoms with Crippen LogP contribution in [-0.2, 0) is 0 Å². The van der Waals surface area contributed by atoms with Crippen LogP contribution >= 0.6 is 0 Å². The highest BCUT2D eigenvalue weighted by Gasteiger charge is 2.11. The summed E-state index contributed by atoms with van der Waals surface area (Å²) in [5.74, 6) is 1.38. The van der Waals surface area contributed by atoms with Gasteiger partial charge in [0.2, 0.25) is 0 Å². The molecule has 0 aromatic heterocycles. The van der Waals surface area contributed by atoms with Gasteiger partial charge in [-0.3, -0.25) is 0 Å². The first-order chi connectivity index (χ1) is 7.26. The smallest absolute Gasteiger partial charge is 0.135 e. The third-order valence-electron chi connectivity index (χ3n) is 1.83. The van der Waals surface area contributed by atoms with Crippen molar-refractivity contribution in [1.29, 1.82) is 0 Å². The Balaban J connectivity index is 3.38. The maximum absolute atomic E-state index is 8.40. The summed E-state index contributed by atoms with van der Waals surface area (Å²) < 4.78 is 15.2. The monoisotopic (exact) mass is 209 g/mol. The summed E-state index contributed by atoms with van der Waals surface area (Å²) in [4.78, 5) is 2.70. The summed E-state index contributed by atoms with van der Waals surface area (Å²) >= 11 is 0. The van der Waals surface area contributed by atoms with E-state index in [0.717, 1.165) is 0 Å². The summed E-state index contributed by atoms with van der Waals surface area (Å²) in [6.07, 6.45) is 0. The van der Waals surface area contributed by atoms with E-state index in [2.05, 4.69) is 10.0 Å². The lowest BCUT2D eigenvalue weighted by atomic mass is 10.2. The molecular weight excluding hydrogens is 198 g/mol. The first-order valence-corrected chi connectivity index (χ1v) is 4.12. The van der Waals surface area contributed by atoms with E-state index in [1.54, 1.807) is 12.1 Å². The summed E-state index contributed by atoms with van der Waals surface area (Å²) in [7, 11) is 4.48. The molecule has 0 aliphatic rings. The Morgan fingerprint density at radius 3 is 1.93 bits per heavy atom. The zero-order valence-corrected chi connectivity index (χ0v) is 8.72. The van der Waals surface area contributed by atoms with Crippen molar-refractivity contribution in [2.24, 2.45) is 5.11 Å². The number of hydrogen-bond acceptors (Lipinski definition) is 4. The van der Waals surface area contributed by atoms with Crippen molar-refractivity contribution in [2.75, 3.05) is 21.3 Å². The Hall–Kier alpha value is -2.07. The van der Waals surface area contributed by atoms with Crippen molar-refractivity contribution >= 4 is 5.69 Å². The molecule has 6 nitrogen and oxygen atoms in total. The molecule has 0 fully saturated rings. The first kappa shape index (κ1) is 11.0. The average Bonchev–Trinajstić information content (AvgIpc) is 2.29. The first-order valence-electron chi connectivity index (χ1n) is 4.12. The standard InChI is InChI=1S/C9H11N3O3/c1-13-6-4-7(14-2)9(11-12-10)8(5-6)15-3/h4-5H,1-3H3. The molecule has 80 valence electrons. The second-order valence-corrected chi connectivity index (χ2v) is 2.57. The fourth-order valence-corrected chi connectivity index (χ4v) is 1.13. The van der Waals surface area contributed by atoms with Gasteiger partial charge in [-0.25, -0.2) is 0 Å². The topological polar surface area (TPSA) is 76.5 Å². The second kappa shape index (κ2) is 4.97. The van der Waals surface area contributed by atoms with Crippen LogP contribution in [0.15, 0.2) is 17.2 Å². The molecule has 0 bridgehead atoms. The molecule has 0 atom stereocenters. The minimum atomic E-state index is 0.309. The number of benzene rings is 1. The zero-order valence-electron chi connectivity index (χ0n) is 8.72. The van der Waals surface area contributed by atoms with Gasteiger partial charge in [0.15, 0.2) is 0 Å². The molecule has 0 saturated carbocycles. The molecule has 0 spiro atoms. The van der Waals surface area contributed by atoms with E-state index in [4.69, 9.17) is 19.7 Å². The van der Waals surface area contributed by atoms with Gasteiger partial charge in [0, 0.05) is 17.0 Å². The summed E-state index contributed by atoms with van der Waals surface area (Å²) in [6, 6.07) is 3.24. The number of ether oxygens (including phenoxy) is 3. The largest absolute Gasteiger partial charge is 0.496 e. The van der Waals surface area contributed by atoms with Crippen molar-refractivity contribution in [1.82, 2.24) is 0 Å². The van der Waals surface area contributed by atoms with E-state index >= 15 is 0 Å². The lowest BCUT2D eigenvalue weighted by molar-refractivity contribution is 0.377. The minimum absolute atomic E-state index is 0.309. The molecule has 15 heavy (non-hydrogen) atoms. The van der Waals surface area contributed by atoms with E-state index in [0.29, 0.717) is 22.9 Å². The predicted octanol–water partition coefficient (Wildman–Crippen LogP) is 2.65. The molecule has 0 unspecified atom stereocenters. The van der Waals surface area contributed by atoms with Crippen LogP contribution < -0.4 is 14.2 Å². The van der Waals surface area contributed by atoms with Gasteiger partial charge in [-0.2, -0.15) is 0 Å². The third kappa shape index (κ3) is 2.24. The van der Waals surface area contributed by atoms with Crippen LogP contribution in [0.1, 0.15) is 0 Å². The summed E-state index contributed by atoms with van der Waals surface area (Å²) in [6.45, 7) is 0. The Bertz CT molecular complexity index is 375. The lowest BCUT2D eigenvalue weighted by Crippen LogP contribution is -1.91. The maximum Gasteiger partial charge on any atom is 0.135 e. The molecule has 1 aromatic rings. The average molecular weight is 209 g/mol. The maximum atomic E-state index is 8.40. The van der Waals surface area contributed by atoms with Crippen molar-refractivity contribution in [2.45, 2.75) is 0 Å². The lowest BCUT2D eigenvalue weighted by Gasteiger charge is -2.11. The molecule has 0 saturated heterocycles. The highest BCUT2D eigenvalue weighted by atomic mass is 16.5. The quantitative estimate of drug-likeness (QED) is 0.434. The Labute approximate surface area is 87.0 Å². The Morgan fingerprint density at radius 2 is 1.60 bits per heavy atom. The molecule has 0 N–H and O–H groups in total. The summed E-state index contributed by atoms with van der Waals surface area (Å²) in [5, 5.41) is 3.50. The highest BCUT2D eigenvalue weighted by Crippen LogP contribution is 2.41. The normalized spacial score (nSPS) is 9.00. The van der Waals surface area contributed by atoms with Gasteiger partial charge in [0.25, 0.3) is 0 Å². The number of hydrogen-bond donors (Lipinski definition) is 0. The molecule has 0 aliphatic carbocycles. The van der Waals surface area contributed by atoms with E-state index in [1.807, 2.05) is 0 Å². The predicted molar refractivity (Wildman–Crippen MR) is 54.9 cm³/mol. The number of nitrogens with zero attached hydrogens (tertiary/aromatic N) is 3. The summed E-state index contributed by atoms with van der Waals surface area (Å²) in [5.41, 5.74) is 8.71. The van der Waals surface area contributed by atoms with Crippen LogP contribution in [0.2, 0.25) is 0 Å². The second-order valence-electron chi connectivity index (χ2n) is 2.57. The van der Waals surface area contributed by atoms with Crippen LogP contribution in [0.4, 0.5) is 5.69 Å². The molecule has 6 heteroatoms. The van der Waals surface area contributed by atoms with Gasteiger partial charge >= 0.3 is 0 Å².